The Morgan fingerprint density at radius 3 is 1.55 bits per heavy atom. The van der Waals surface area contributed by atoms with Crippen molar-refractivity contribution in [1.82, 2.24) is 0 Å². The summed E-state index contributed by atoms with van der Waals surface area (Å²) < 4.78 is 5.58. The smallest absolute Gasteiger partial charge is 0.537 e. The van der Waals surface area contributed by atoms with Gasteiger partial charge in [0.25, 0.3) is 0 Å². The molecule has 191 valence electrons. The maximum absolute atomic E-state index is 9.52. The van der Waals surface area contributed by atoms with Crippen LogP contribution in [0.1, 0.15) is 0 Å². The second kappa shape index (κ2) is 11.8. The van der Waals surface area contributed by atoms with E-state index in [4.69, 9.17) is 4.65 Å². The summed E-state index contributed by atoms with van der Waals surface area (Å²) >= 11 is 0. The molecule has 0 bridgehead atoms. The lowest BCUT2D eigenvalue weighted by molar-refractivity contribution is 0.455. The number of anilines is 3. The third kappa shape index (κ3) is 5.39. The van der Waals surface area contributed by atoms with E-state index in [-0.39, 0.29) is 0 Å². The molecule has 0 aliphatic rings. The molecule has 0 aromatic heterocycles. The molecule has 0 atom stereocenters. The van der Waals surface area contributed by atoms with E-state index in [1.54, 1.807) is 0 Å². The molecule has 40 heavy (non-hydrogen) atoms. The van der Waals surface area contributed by atoms with Crippen molar-refractivity contribution >= 4 is 24.7 Å². The van der Waals surface area contributed by atoms with Crippen LogP contribution in [-0.4, -0.2) is 12.7 Å². The van der Waals surface area contributed by atoms with E-state index in [0.29, 0.717) is 5.75 Å². The summed E-state index contributed by atoms with van der Waals surface area (Å²) in [5, 5.41) is 9.52. The van der Waals surface area contributed by atoms with Crippen LogP contribution in [0.4, 0.5) is 17.1 Å². The molecular weight excluding hydrogens is 489 g/mol. The van der Waals surface area contributed by atoms with Gasteiger partial charge in [-0.25, -0.2) is 0 Å². The number of para-hydroxylation sites is 1. The predicted molar refractivity (Wildman–Crippen MR) is 166 cm³/mol. The molecule has 1 radical (unpaired) electrons. The van der Waals surface area contributed by atoms with Crippen molar-refractivity contribution in [3.8, 4) is 39.1 Å². The Kier molecular flexibility index (Phi) is 7.43. The highest BCUT2D eigenvalue weighted by atomic mass is 16.5. The van der Waals surface area contributed by atoms with Gasteiger partial charge in [-0.2, -0.15) is 0 Å². The first-order valence-electron chi connectivity index (χ1n) is 13.2. The lowest BCUT2D eigenvalue weighted by atomic mass is 9.99. The summed E-state index contributed by atoms with van der Waals surface area (Å²) in [4.78, 5) is 2.18. The van der Waals surface area contributed by atoms with Crippen LogP contribution in [0.25, 0.3) is 33.4 Å². The van der Waals surface area contributed by atoms with Crippen molar-refractivity contribution in [2.24, 2.45) is 0 Å². The first-order valence-corrected chi connectivity index (χ1v) is 13.2. The molecule has 0 fully saturated rings. The topological polar surface area (TPSA) is 32.7 Å². The van der Waals surface area contributed by atoms with Gasteiger partial charge in [-0.05, 0) is 70.3 Å². The van der Waals surface area contributed by atoms with Crippen LogP contribution in [-0.2, 0) is 0 Å². The Morgan fingerprint density at radius 2 is 0.925 bits per heavy atom. The molecule has 6 rings (SSSR count). The second-order valence-electron chi connectivity index (χ2n) is 9.43. The number of hydrogen-bond acceptors (Lipinski definition) is 3. The third-order valence-electron chi connectivity index (χ3n) is 6.93. The molecule has 0 saturated heterocycles. The molecule has 4 heteroatoms. The van der Waals surface area contributed by atoms with Gasteiger partial charge in [0, 0.05) is 28.7 Å². The summed E-state index contributed by atoms with van der Waals surface area (Å²) in [5.74, 6) is 0.571. The van der Waals surface area contributed by atoms with Crippen LogP contribution in [0.2, 0.25) is 0 Å². The Balaban J connectivity index is 1.38. The van der Waals surface area contributed by atoms with E-state index in [2.05, 4.69) is 95.9 Å². The van der Waals surface area contributed by atoms with E-state index in [1.165, 1.54) is 16.7 Å². The van der Waals surface area contributed by atoms with Crippen molar-refractivity contribution in [3.05, 3.63) is 158 Å². The summed E-state index contributed by atoms with van der Waals surface area (Å²) in [6.07, 6.45) is 0. The highest BCUT2D eigenvalue weighted by molar-refractivity contribution is 6.17. The van der Waals surface area contributed by atoms with Gasteiger partial charge < -0.3 is 14.6 Å². The number of rotatable bonds is 8. The Morgan fingerprint density at radius 1 is 0.425 bits per heavy atom. The van der Waals surface area contributed by atoms with Crippen molar-refractivity contribution < 1.29 is 9.68 Å². The minimum Gasteiger partial charge on any atom is -0.537 e. The number of nitrogens with zero attached hydrogens (tertiary/aromatic N) is 1. The zero-order valence-corrected chi connectivity index (χ0v) is 21.9. The first kappa shape index (κ1) is 25.2. The van der Waals surface area contributed by atoms with Gasteiger partial charge in [0.1, 0.15) is 5.75 Å². The van der Waals surface area contributed by atoms with Crippen LogP contribution >= 0.6 is 0 Å². The fourth-order valence-electron chi connectivity index (χ4n) is 5.00. The van der Waals surface area contributed by atoms with Crippen LogP contribution in [0.3, 0.4) is 0 Å². The average molecular weight is 516 g/mol. The molecule has 0 spiro atoms. The van der Waals surface area contributed by atoms with Gasteiger partial charge in [0.05, 0.1) is 0 Å². The van der Waals surface area contributed by atoms with Gasteiger partial charge in [0.15, 0.2) is 0 Å². The monoisotopic (exact) mass is 516 g/mol. The molecule has 0 aliphatic heterocycles. The van der Waals surface area contributed by atoms with Crippen LogP contribution in [0.5, 0.6) is 5.75 Å². The standard InChI is InChI=1S/C36H27BNO2/c39-37-40-36-26-34(23-24-35(36)29-13-6-2-7-14-29)38(32-17-8-3-9-18-32)33-21-19-28(20-22-33)31-16-10-15-30(25-31)27-11-4-1-5-12-27/h1-26,39H. The van der Waals surface area contributed by atoms with Crippen LogP contribution < -0.4 is 9.55 Å². The maximum atomic E-state index is 9.52. The molecule has 0 saturated carbocycles. The Bertz CT molecular complexity index is 1690. The van der Waals surface area contributed by atoms with Crippen LogP contribution in [0.15, 0.2) is 158 Å². The maximum Gasteiger partial charge on any atom is 0.569 e. The lowest BCUT2D eigenvalue weighted by Crippen LogP contribution is -2.10. The van der Waals surface area contributed by atoms with E-state index in [1.807, 2.05) is 66.7 Å². The third-order valence-corrected chi connectivity index (χ3v) is 6.93. The summed E-state index contributed by atoms with van der Waals surface area (Å²) in [6.45, 7) is 0. The highest BCUT2D eigenvalue weighted by Gasteiger charge is 2.16. The Labute approximate surface area is 235 Å². The van der Waals surface area contributed by atoms with Gasteiger partial charge in [-0.1, -0.05) is 109 Å². The van der Waals surface area contributed by atoms with Crippen molar-refractivity contribution in [2.75, 3.05) is 4.90 Å². The molecule has 0 heterocycles. The molecule has 6 aromatic rings. The summed E-state index contributed by atoms with van der Waals surface area (Å²) in [6, 6.07) is 54.0. The normalized spacial score (nSPS) is 10.6. The molecule has 0 unspecified atom stereocenters. The average Bonchev–Trinajstić information content (AvgIpc) is 3.03. The quantitative estimate of drug-likeness (QED) is 0.205. The molecule has 6 aromatic carbocycles. The summed E-state index contributed by atoms with van der Waals surface area (Å²) in [5.41, 5.74) is 9.58. The Hall–Kier alpha value is -5.06. The van der Waals surface area contributed by atoms with E-state index in [0.717, 1.165) is 41.4 Å². The molecule has 0 aliphatic carbocycles. The van der Waals surface area contributed by atoms with E-state index >= 15 is 0 Å². The first-order chi connectivity index (χ1) is 19.8. The van der Waals surface area contributed by atoms with Gasteiger partial charge >= 0.3 is 7.69 Å². The van der Waals surface area contributed by atoms with Crippen molar-refractivity contribution in [3.63, 3.8) is 0 Å². The highest BCUT2D eigenvalue weighted by Crippen LogP contribution is 2.40. The molecular formula is C36H27BNO2. The van der Waals surface area contributed by atoms with E-state index in [9.17, 15) is 5.02 Å². The molecule has 1 N–H and O–H groups in total. The van der Waals surface area contributed by atoms with Gasteiger partial charge in [-0.15, -0.1) is 0 Å². The molecule has 3 nitrogen and oxygen atoms in total. The second-order valence-corrected chi connectivity index (χ2v) is 9.43. The summed E-state index contributed by atoms with van der Waals surface area (Å²) in [7, 11) is 0.733. The predicted octanol–water partition coefficient (Wildman–Crippen LogP) is 9.06. The van der Waals surface area contributed by atoms with Crippen molar-refractivity contribution in [2.45, 2.75) is 0 Å². The lowest BCUT2D eigenvalue weighted by Gasteiger charge is -2.26. The van der Waals surface area contributed by atoms with Crippen LogP contribution in [0, 0.1) is 0 Å². The number of hydrogen-bond donors (Lipinski definition) is 1. The fraction of sp³-hybridized carbons (Fsp3) is 0. The van der Waals surface area contributed by atoms with E-state index < -0.39 is 0 Å². The van der Waals surface area contributed by atoms with Crippen molar-refractivity contribution in [1.29, 1.82) is 0 Å². The largest absolute Gasteiger partial charge is 0.569 e. The fourth-order valence-corrected chi connectivity index (χ4v) is 5.00. The zero-order chi connectivity index (χ0) is 27.1. The zero-order valence-electron chi connectivity index (χ0n) is 21.9. The minimum absolute atomic E-state index is 0.571. The molecule has 0 amide bonds. The van der Waals surface area contributed by atoms with Gasteiger partial charge in [0.2, 0.25) is 0 Å². The van der Waals surface area contributed by atoms with Gasteiger partial charge in [-0.3, -0.25) is 0 Å². The number of benzene rings is 6. The minimum atomic E-state index is 0.571. The SMILES string of the molecule is O[B]Oc1cc(N(c2ccccc2)c2ccc(-c3cccc(-c4ccccc4)c3)cc2)ccc1-c1ccccc1.